The number of carboxylic acid groups (broad SMARTS) is 2. The Morgan fingerprint density at radius 3 is 1.14 bits per heavy atom. The number of benzene rings is 2. The maximum absolute atomic E-state index is 11.6. The lowest BCUT2D eigenvalue weighted by Crippen LogP contribution is -2.09. The van der Waals surface area contributed by atoms with E-state index in [1.54, 1.807) is 0 Å². The van der Waals surface area contributed by atoms with Crippen LogP contribution in [0.1, 0.15) is 55.3 Å². The van der Waals surface area contributed by atoms with Gasteiger partial charge in [0.15, 0.2) is 11.6 Å². The normalized spacial score (nSPS) is 10.5. The van der Waals surface area contributed by atoms with Gasteiger partial charge >= 0.3 is 11.9 Å². The third-order valence-electron chi connectivity index (χ3n) is 3.33. The highest BCUT2D eigenvalue weighted by Gasteiger charge is 2.19. The molecule has 0 heterocycles. The van der Waals surface area contributed by atoms with Crippen molar-refractivity contribution in [3.8, 4) is 0 Å². The summed E-state index contributed by atoms with van der Waals surface area (Å²) in [6.45, 7) is 2.46. The van der Waals surface area contributed by atoms with Gasteiger partial charge in [0.25, 0.3) is 0 Å². The number of carbonyl (C=O) groups is 4. The Labute approximate surface area is 125 Å². The van der Waals surface area contributed by atoms with Crippen molar-refractivity contribution in [2.24, 2.45) is 0 Å². The van der Waals surface area contributed by atoms with E-state index in [2.05, 4.69) is 0 Å². The van der Waals surface area contributed by atoms with E-state index in [-0.39, 0.29) is 22.3 Å². The Bertz CT molecular complexity index is 710. The second-order valence-corrected chi connectivity index (χ2v) is 4.87. The highest BCUT2D eigenvalue weighted by molar-refractivity contribution is 6.12. The van der Waals surface area contributed by atoms with Crippen LogP contribution in [0.5, 0.6) is 0 Å². The van der Waals surface area contributed by atoms with Crippen LogP contribution >= 0.6 is 0 Å². The van der Waals surface area contributed by atoms with Crippen molar-refractivity contribution in [3.05, 3.63) is 46.5 Å². The maximum atomic E-state index is 11.6. The molecule has 22 heavy (non-hydrogen) atoms. The Morgan fingerprint density at radius 2 is 0.909 bits per heavy atom. The van der Waals surface area contributed by atoms with Gasteiger partial charge in [-0.3, -0.25) is 9.59 Å². The van der Waals surface area contributed by atoms with Gasteiger partial charge in [-0.1, -0.05) is 0 Å². The number of ketones is 2. The van der Waals surface area contributed by atoms with Crippen molar-refractivity contribution < 1.29 is 29.4 Å². The number of carbonyl (C=O) groups excluding carboxylic acids is 2. The largest absolute Gasteiger partial charge is 0.478 e. The molecule has 2 aromatic rings. The lowest BCUT2D eigenvalue weighted by Gasteiger charge is -2.09. The smallest absolute Gasteiger partial charge is 0.336 e. The Hall–Kier alpha value is -3.02. The zero-order valence-corrected chi connectivity index (χ0v) is 11.8. The summed E-state index contributed by atoms with van der Waals surface area (Å²) in [5.74, 6) is -3.41. The number of aromatic carboxylic acids is 2. The van der Waals surface area contributed by atoms with Crippen LogP contribution in [-0.4, -0.2) is 33.7 Å². The van der Waals surface area contributed by atoms with E-state index in [1.807, 2.05) is 0 Å². The van der Waals surface area contributed by atoms with Crippen molar-refractivity contribution >= 4 is 34.3 Å². The van der Waals surface area contributed by atoms with Gasteiger partial charge in [0.2, 0.25) is 0 Å². The van der Waals surface area contributed by atoms with Crippen LogP contribution in [0.25, 0.3) is 10.8 Å². The summed E-state index contributed by atoms with van der Waals surface area (Å²) in [6.07, 6.45) is 0. The fourth-order valence-electron chi connectivity index (χ4n) is 2.29. The fourth-order valence-corrected chi connectivity index (χ4v) is 2.29. The number of carboxylic acids is 2. The second-order valence-electron chi connectivity index (χ2n) is 4.87. The summed E-state index contributed by atoms with van der Waals surface area (Å²) in [5.41, 5.74) is -0.381. The number of rotatable bonds is 4. The molecule has 2 rings (SSSR count). The minimum Gasteiger partial charge on any atom is -0.478 e. The molecule has 6 nitrogen and oxygen atoms in total. The minimum absolute atomic E-state index is 0.00749. The van der Waals surface area contributed by atoms with Gasteiger partial charge in [0.05, 0.1) is 11.1 Å². The molecule has 0 saturated carbocycles. The molecule has 6 heteroatoms. The van der Waals surface area contributed by atoms with Gasteiger partial charge in [-0.2, -0.15) is 0 Å². The molecule has 0 radical (unpaired) electrons. The van der Waals surface area contributed by atoms with Crippen molar-refractivity contribution in [2.45, 2.75) is 13.8 Å². The van der Waals surface area contributed by atoms with Crippen LogP contribution in [0, 0.1) is 0 Å². The Morgan fingerprint density at radius 1 is 0.636 bits per heavy atom. The van der Waals surface area contributed by atoms with E-state index in [9.17, 15) is 29.4 Å². The molecule has 0 saturated heterocycles. The summed E-state index contributed by atoms with van der Waals surface area (Å²) in [6, 6.07) is 5.20. The predicted octanol–water partition coefficient (Wildman–Crippen LogP) is 2.64. The van der Waals surface area contributed by atoms with Gasteiger partial charge in [-0.05, 0) is 48.9 Å². The topological polar surface area (TPSA) is 109 Å². The third kappa shape index (κ3) is 2.58. The first kappa shape index (κ1) is 15.4. The molecule has 0 amide bonds. The van der Waals surface area contributed by atoms with E-state index in [0.29, 0.717) is 10.8 Å². The highest BCUT2D eigenvalue weighted by atomic mass is 16.4. The van der Waals surface area contributed by atoms with E-state index < -0.39 is 23.5 Å². The summed E-state index contributed by atoms with van der Waals surface area (Å²) in [5, 5.41) is 19.1. The van der Waals surface area contributed by atoms with Crippen LogP contribution < -0.4 is 0 Å². The maximum Gasteiger partial charge on any atom is 0.336 e. The lowest BCUT2D eigenvalue weighted by atomic mass is 9.94. The Kier molecular flexibility index (Phi) is 3.77. The minimum atomic E-state index is -1.27. The van der Waals surface area contributed by atoms with Gasteiger partial charge < -0.3 is 10.2 Å². The van der Waals surface area contributed by atoms with Crippen LogP contribution in [0.3, 0.4) is 0 Å². The average Bonchev–Trinajstić information content (AvgIpc) is 2.43. The second kappa shape index (κ2) is 5.40. The van der Waals surface area contributed by atoms with Crippen molar-refractivity contribution in [2.75, 3.05) is 0 Å². The average molecular weight is 300 g/mol. The molecule has 0 atom stereocenters. The van der Waals surface area contributed by atoms with Gasteiger partial charge in [0.1, 0.15) is 0 Å². The van der Waals surface area contributed by atoms with E-state index in [0.717, 1.165) is 0 Å². The van der Waals surface area contributed by atoms with E-state index >= 15 is 0 Å². The van der Waals surface area contributed by atoms with Crippen molar-refractivity contribution in [3.63, 3.8) is 0 Å². The van der Waals surface area contributed by atoms with Crippen LogP contribution in [0.2, 0.25) is 0 Å². The fraction of sp³-hybridized carbons (Fsp3) is 0.125. The van der Waals surface area contributed by atoms with Crippen molar-refractivity contribution in [1.82, 2.24) is 0 Å². The van der Waals surface area contributed by atoms with Crippen LogP contribution in [0.15, 0.2) is 24.3 Å². The molecular formula is C16H12O6. The SMILES string of the molecule is CC(=O)c1cc2cc(C(=O)O)c(C(C)=O)cc2cc1C(=O)O. The van der Waals surface area contributed by atoms with Crippen LogP contribution in [0.4, 0.5) is 0 Å². The molecule has 0 aliphatic rings. The van der Waals surface area contributed by atoms with Gasteiger partial charge in [0, 0.05) is 11.1 Å². The molecular weight excluding hydrogens is 288 g/mol. The molecule has 0 aromatic heterocycles. The first-order valence-electron chi connectivity index (χ1n) is 6.32. The zero-order valence-electron chi connectivity index (χ0n) is 11.8. The predicted molar refractivity (Wildman–Crippen MR) is 77.9 cm³/mol. The summed E-state index contributed by atoms with van der Waals surface area (Å²) in [7, 11) is 0. The molecule has 0 aliphatic heterocycles. The monoisotopic (exact) mass is 300 g/mol. The summed E-state index contributed by atoms with van der Waals surface area (Å²) >= 11 is 0. The molecule has 2 aromatic carbocycles. The molecule has 112 valence electrons. The number of Topliss-reactive ketones (excluding diaryl/α,β-unsaturated/α-hetero) is 2. The third-order valence-corrected chi connectivity index (χ3v) is 3.33. The molecule has 0 spiro atoms. The standard InChI is InChI=1S/C16H12O6/c1-7(17)11-3-9-6-14(16(21)22)12(8(2)18)4-10(9)5-13(11)15(19)20/h3-6H,1-2H3,(H,19,20)(H,21,22). The summed E-state index contributed by atoms with van der Waals surface area (Å²) < 4.78 is 0. The first-order valence-corrected chi connectivity index (χ1v) is 6.32. The number of hydrogen-bond acceptors (Lipinski definition) is 4. The first-order chi connectivity index (χ1) is 10.2. The van der Waals surface area contributed by atoms with Crippen molar-refractivity contribution in [1.29, 1.82) is 0 Å². The zero-order chi connectivity index (χ0) is 16.6. The van der Waals surface area contributed by atoms with Gasteiger partial charge in [-0.15, -0.1) is 0 Å². The Balaban J connectivity index is 2.90. The molecule has 0 aliphatic carbocycles. The lowest BCUT2D eigenvalue weighted by molar-refractivity contribution is 0.0683. The molecule has 0 unspecified atom stereocenters. The van der Waals surface area contributed by atoms with Crippen LogP contribution in [-0.2, 0) is 0 Å². The molecule has 0 fully saturated rings. The summed E-state index contributed by atoms with van der Waals surface area (Å²) in [4.78, 5) is 45.7. The van der Waals surface area contributed by atoms with Gasteiger partial charge in [-0.25, -0.2) is 9.59 Å². The molecule has 2 N–H and O–H groups in total. The molecule has 0 bridgehead atoms. The van der Waals surface area contributed by atoms with E-state index in [1.165, 1.54) is 38.1 Å². The quantitative estimate of drug-likeness (QED) is 0.840. The number of fused-ring (bicyclic) bond motifs is 1. The van der Waals surface area contributed by atoms with E-state index in [4.69, 9.17) is 0 Å². The highest BCUT2D eigenvalue weighted by Crippen LogP contribution is 2.25. The number of hydrogen-bond donors (Lipinski definition) is 2.